The molecular weight excluding hydrogens is 480 g/mol. The maximum Gasteiger partial charge on any atom is 0.247 e. The van der Waals surface area contributed by atoms with E-state index in [1.807, 2.05) is 91.0 Å². The molecule has 5 heteroatoms. The van der Waals surface area contributed by atoms with Crippen LogP contribution in [0.1, 0.15) is 17.0 Å². The summed E-state index contributed by atoms with van der Waals surface area (Å²) >= 11 is 0. The predicted octanol–water partition coefficient (Wildman–Crippen LogP) is 3.24. The van der Waals surface area contributed by atoms with E-state index in [0.29, 0.717) is 0 Å². The quantitative estimate of drug-likeness (QED) is 0.369. The van der Waals surface area contributed by atoms with Crippen molar-refractivity contribution >= 4 is 23.2 Å². The Balaban J connectivity index is 0.00000272. The molecular formula is C26H21BrF3P. The lowest BCUT2D eigenvalue weighted by molar-refractivity contribution is -0.00000758. The van der Waals surface area contributed by atoms with Crippen molar-refractivity contribution in [3.8, 4) is 0 Å². The second-order valence-electron chi connectivity index (χ2n) is 7.14. The zero-order valence-corrected chi connectivity index (χ0v) is 19.3. The molecule has 158 valence electrons. The first-order chi connectivity index (χ1) is 14.6. The Bertz CT molecular complexity index is 1040. The molecule has 0 aliphatic rings. The van der Waals surface area contributed by atoms with Gasteiger partial charge < -0.3 is 17.0 Å². The summed E-state index contributed by atoms with van der Waals surface area (Å²) in [6, 6.07) is 30.6. The van der Waals surface area contributed by atoms with Gasteiger partial charge in [-0.15, -0.1) is 0 Å². The van der Waals surface area contributed by atoms with Gasteiger partial charge in [0.05, 0.1) is 5.56 Å². The number of hydrogen-bond donors (Lipinski definition) is 0. The smallest absolute Gasteiger partial charge is 0.247 e. The molecule has 0 aromatic heterocycles. The van der Waals surface area contributed by atoms with Crippen molar-refractivity contribution in [3.05, 3.63) is 126 Å². The van der Waals surface area contributed by atoms with Gasteiger partial charge in [0.15, 0.2) is 7.26 Å². The van der Waals surface area contributed by atoms with E-state index in [1.54, 1.807) is 0 Å². The van der Waals surface area contributed by atoms with Gasteiger partial charge in [-0.2, -0.15) is 4.39 Å². The van der Waals surface area contributed by atoms with Gasteiger partial charge in [0.25, 0.3) is 0 Å². The summed E-state index contributed by atoms with van der Waals surface area (Å²) < 4.78 is 45.8. The third-order valence-electron chi connectivity index (χ3n) is 5.44. The predicted molar refractivity (Wildman–Crippen MR) is 120 cm³/mol. The Labute approximate surface area is 191 Å². The number of benzene rings is 4. The summed E-state index contributed by atoms with van der Waals surface area (Å²) in [6.45, 7) is 1.34. The van der Waals surface area contributed by atoms with Gasteiger partial charge in [-0.25, -0.2) is 8.78 Å². The van der Waals surface area contributed by atoms with Crippen LogP contribution in [0.15, 0.2) is 103 Å². The molecule has 0 N–H and O–H groups in total. The molecule has 0 fully saturated rings. The second kappa shape index (κ2) is 9.80. The van der Waals surface area contributed by atoms with E-state index in [-0.39, 0.29) is 28.1 Å². The van der Waals surface area contributed by atoms with Gasteiger partial charge in [-0.05, 0) is 55.5 Å². The molecule has 0 spiro atoms. The summed E-state index contributed by atoms with van der Waals surface area (Å²) in [7, 11) is -2.96. The fourth-order valence-corrected chi connectivity index (χ4v) is 8.13. The zero-order chi connectivity index (χ0) is 21.1. The van der Waals surface area contributed by atoms with Crippen LogP contribution in [-0.4, -0.2) is 0 Å². The average molecular weight is 501 g/mol. The van der Waals surface area contributed by atoms with E-state index in [9.17, 15) is 4.39 Å². The summed E-state index contributed by atoms with van der Waals surface area (Å²) in [5.41, 5.74) is -0.277. The number of rotatable bonds is 5. The van der Waals surface area contributed by atoms with E-state index >= 15 is 8.78 Å². The van der Waals surface area contributed by atoms with Crippen LogP contribution in [0.4, 0.5) is 13.2 Å². The lowest BCUT2D eigenvalue weighted by Gasteiger charge is -2.30. The minimum atomic E-state index is -2.96. The van der Waals surface area contributed by atoms with E-state index in [0.717, 1.165) is 22.0 Å². The highest BCUT2D eigenvalue weighted by atomic mass is 79.9. The van der Waals surface area contributed by atoms with Gasteiger partial charge >= 0.3 is 0 Å². The molecule has 0 aliphatic heterocycles. The van der Waals surface area contributed by atoms with Gasteiger partial charge in [0, 0.05) is 5.56 Å². The summed E-state index contributed by atoms with van der Waals surface area (Å²) in [4.78, 5) is 0. The average Bonchev–Trinajstić information content (AvgIpc) is 2.80. The molecule has 0 bridgehead atoms. The highest BCUT2D eigenvalue weighted by Crippen LogP contribution is 2.67. The molecule has 0 saturated carbocycles. The summed E-state index contributed by atoms with van der Waals surface area (Å²) in [6.07, 6.45) is 0. The monoisotopic (exact) mass is 500 g/mol. The van der Waals surface area contributed by atoms with Gasteiger partial charge in [0.2, 0.25) is 5.91 Å². The minimum Gasteiger partial charge on any atom is -1.00 e. The molecule has 4 rings (SSSR count). The van der Waals surface area contributed by atoms with Crippen LogP contribution in [0.25, 0.3) is 0 Å². The van der Waals surface area contributed by atoms with Crippen LogP contribution in [0.3, 0.4) is 0 Å². The topological polar surface area (TPSA) is 0 Å². The van der Waals surface area contributed by atoms with Crippen molar-refractivity contribution < 1.29 is 30.2 Å². The molecule has 31 heavy (non-hydrogen) atoms. The van der Waals surface area contributed by atoms with Crippen molar-refractivity contribution in [2.24, 2.45) is 0 Å². The van der Waals surface area contributed by atoms with Gasteiger partial charge in [0.1, 0.15) is 27.5 Å². The summed E-state index contributed by atoms with van der Waals surface area (Å²) in [5.74, 6) is -3.18. The molecule has 0 amide bonds. The molecule has 4 aromatic rings. The Kier molecular flexibility index (Phi) is 7.35. The largest absolute Gasteiger partial charge is 1.00 e. The Morgan fingerprint density at radius 1 is 0.613 bits per heavy atom. The molecule has 0 nitrogen and oxygen atoms in total. The number of hydrogen-bond acceptors (Lipinski definition) is 0. The molecule has 0 radical (unpaired) electrons. The van der Waals surface area contributed by atoms with Crippen molar-refractivity contribution in [2.45, 2.75) is 12.8 Å². The molecule has 1 unspecified atom stereocenters. The third-order valence-corrected chi connectivity index (χ3v) is 9.73. The number of alkyl halides is 1. The fourth-order valence-electron chi connectivity index (χ4n) is 3.90. The minimum absolute atomic E-state index is 0. The van der Waals surface area contributed by atoms with Crippen molar-refractivity contribution in [1.29, 1.82) is 0 Å². The first kappa shape index (κ1) is 23.2. The first-order valence-electron chi connectivity index (χ1n) is 9.71. The summed E-state index contributed by atoms with van der Waals surface area (Å²) in [5, 5.41) is 2.41. The maximum absolute atomic E-state index is 16.8. The van der Waals surface area contributed by atoms with Crippen LogP contribution in [-0.2, 0) is 0 Å². The molecule has 1 atom stereocenters. The van der Waals surface area contributed by atoms with Crippen LogP contribution in [0, 0.1) is 18.6 Å². The van der Waals surface area contributed by atoms with Crippen molar-refractivity contribution in [3.63, 3.8) is 0 Å². The lowest BCUT2D eigenvalue weighted by atomic mass is 10.1. The SMILES string of the molecule is Cc1c(F)ccc(C(F)[P+](c2ccccc2)(c2ccccc2)c2ccccc2)c1F.[Br-]. The Morgan fingerprint density at radius 3 is 1.39 bits per heavy atom. The van der Waals surface area contributed by atoms with Crippen LogP contribution in [0.2, 0.25) is 0 Å². The molecule has 0 saturated heterocycles. The standard InChI is InChI=1S/C26H21F3P.BrH/c1-19-24(27)18-17-23(25(19)28)26(29)30(20-11-5-2-6-12-20,21-13-7-3-8-14-21)22-15-9-4-10-16-22;/h2-18,26H,1H3;1H/q+1;/p-1. The second-order valence-corrected chi connectivity index (χ2v) is 10.6. The number of halogens is 4. The molecule has 0 aliphatic carbocycles. The third kappa shape index (κ3) is 4.07. The van der Waals surface area contributed by atoms with Crippen LogP contribution < -0.4 is 32.9 Å². The maximum atomic E-state index is 16.8. The highest BCUT2D eigenvalue weighted by Gasteiger charge is 2.54. The first-order valence-corrected chi connectivity index (χ1v) is 11.6. The molecule has 0 heterocycles. The van der Waals surface area contributed by atoms with Gasteiger partial charge in [-0.3, -0.25) is 0 Å². The van der Waals surface area contributed by atoms with E-state index in [4.69, 9.17) is 0 Å². The molecule has 4 aromatic carbocycles. The normalized spacial score (nSPS) is 12.1. The zero-order valence-electron chi connectivity index (χ0n) is 16.9. The van der Waals surface area contributed by atoms with E-state index in [1.165, 1.54) is 13.0 Å². The highest BCUT2D eigenvalue weighted by molar-refractivity contribution is 7.95. The van der Waals surface area contributed by atoms with Crippen molar-refractivity contribution in [1.82, 2.24) is 0 Å². The van der Waals surface area contributed by atoms with Gasteiger partial charge in [-0.1, -0.05) is 54.6 Å². The fraction of sp³-hybridized carbons (Fsp3) is 0.0769. The van der Waals surface area contributed by atoms with Crippen LogP contribution in [0.5, 0.6) is 0 Å². The lowest BCUT2D eigenvalue weighted by Crippen LogP contribution is -3.00. The van der Waals surface area contributed by atoms with Crippen LogP contribution >= 0.6 is 7.26 Å². The van der Waals surface area contributed by atoms with Crippen molar-refractivity contribution in [2.75, 3.05) is 0 Å². The van der Waals surface area contributed by atoms with E-state index < -0.39 is 24.8 Å². The van der Waals surface area contributed by atoms with E-state index in [2.05, 4.69) is 0 Å². The Morgan fingerprint density at radius 2 is 1.00 bits per heavy atom. The Hall–Kier alpha value is -2.42.